The summed E-state index contributed by atoms with van der Waals surface area (Å²) in [4.78, 5) is 13.4. The molecule has 1 aliphatic rings. The van der Waals surface area contributed by atoms with Gasteiger partial charge >= 0.3 is 0 Å². The molecule has 0 aliphatic carbocycles. The largest absolute Gasteiger partial charge is 0.336 e. The second-order valence-electron chi connectivity index (χ2n) is 3.92. The van der Waals surface area contributed by atoms with Crippen molar-refractivity contribution in [3.05, 3.63) is 34.3 Å². The van der Waals surface area contributed by atoms with E-state index in [0.717, 1.165) is 23.9 Å². The van der Waals surface area contributed by atoms with Gasteiger partial charge in [-0.3, -0.25) is 4.79 Å². The lowest BCUT2D eigenvalue weighted by Gasteiger charge is -2.23. The van der Waals surface area contributed by atoms with Crippen molar-refractivity contribution in [3.63, 3.8) is 0 Å². The molecule has 1 unspecified atom stereocenters. The normalized spacial score (nSPS) is 20.7. The second kappa shape index (κ2) is 4.35. The first-order valence-corrected chi connectivity index (χ1v) is 6.00. The minimum atomic E-state index is 0.181. The van der Waals surface area contributed by atoms with Crippen LogP contribution in [0.1, 0.15) is 31.4 Å². The van der Waals surface area contributed by atoms with Gasteiger partial charge in [0.05, 0.1) is 6.04 Å². The summed E-state index contributed by atoms with van der Waals surface area (Å²) in [6, 6.07) is 8.54. The molecule has 1 atom stereocenters. The maximum atomic E-state index is 11.4. The van der Waals surface area contributed by atoms with E-state index >= 15 is 0 Å². The van der Waals surface area contributed by atoms with E-state index in [-0.39, 0.29) is 11.9 Å². The minimum absolute atomic E-state index is 0.181. The lowest BCUT2D eigenvalue weighted by atomic mass is 10.0. The van der Waals surface area contributed by atoms with E-state index < -0.39 is 0 Å². The van der Waals surface area contributed by atoms with Crippen LogP contribution in [0, 0.1) is 0 Å². The molecule has 80 valence electrons. The number of carbonyl (C=O) groups excluding carboxylic acids is 1. The van der Waals surface area contributed by atoms with Crippen molar-refractivity contribution in [1.29, 1.82) is 0 Å². The summed E-state index contributed by atoms with van der Waals surface area (Å²) in [7, 11) is 0. The topological polar surface area (TPSA) is 20.3 Å². The molecule has 1 saturated heterocycles. The van der Waals surface area contributed by atoms with Gasteiger partial charge in [0.15, 0.2) is 0 Å². The summed E-state index contributed by atoms with van der Waals surface area (Å²) in [6.45, 7) is 2.55. The van der Waals surface area contributed by atoms with Crippen LogP contribution in [0.5, 0.6) is 0 Å². The Hall–Kier alpha value is -0.830. The Balaban J connectivity index is 2.22. The van der Waals surface area contributed by atoms with Gasteiger partial charge in [0.2, 0.25) is 5.91 Å². The third-order valence-electron chi connectivity index (χ3n) is 2.91. The van der Waals surface area contributed by atoms with Crippen LogP contribution in [0.2, 0.25) is 0 Å². The van der Waals surface area contributed by atoms with Gasteiger partial charge in [-0.05, 0) is 30.5 Å². The zero-order chi connectivity index (χ0) is 10.8. The molecule has 0 spiro atoms. The molecule has 0 bridgehead atoms. The summed E-state index contributed by atoms with van der Waals surface area (Å²) < 4.78 is 1.08. The van der Waals surface area contributed by atoms with Crippen LogP contribution in [-0.4, -0.2) is 17.4 Å². The summed E-state index contributed by atoms with van der Waals surface area (Å²) in [5.41, 5.74) is 1.24. The average molecular weight is 268 g/mol. The molecule has 0 N–H and O–H groups in total. The second-order valence-corrected chi connectivity index (χ2v) is 4.84. The number of rotatable bonds is 1. The van der Waals surface area contributed by atoms with Crippen molar-refractivity contribution in [1.82, 2.24) is 4.90 Å². The Morgan fingerprint density at radius 2 is 2.07 bits per heavy atom. The van der Waals surface area contributed by atoms with E-state index in [9.17, 15) is 4.79 Å². The number of hydrogen-bond acceptors (Lipinski definition) is 1. The fourth-order valence-electron chi connectivity index (χ4n) is 2.18. The van der Waals surface area contributed by atoms with E-state index in [1.165, 1.54) is 5.56 Å². The van der Waals surface area contributed by atoms with Crippen LogP contribution in [0.15, 0.2) is 28.7 Å². The van der Waals surface area contributed by atoms with Crippen LogP contribution in [0.25, 0.3) is 0 Å². The van der Waals surface area contributed by atoms with Crippen molar-refractivity contribution >= 4 is 21.8 Å². The predicted molar refractivity (Wildman–Crippen MR) is 63.5 cm³/mol. The Kier molecular flexibility index (Phi) is 3.10. The number of carbonyl (C=O) groups is 1. The van der Waals surface area contributed by atoms with E-state index in [0.29, 0.717) is 0 Å². The number of amides is 1. The summed E-state index contributed by atoms with van der Waals surface area (Å²) in [5, 5.41) is 0. The molecule has 1 fully saturated rings. The van der Waals surface area contributed by atoms with Crippen molar-refractivity contribution in [2.45, 2.75) is 25.8 Å². The highest BCUT2D eigenvalue weighted by molar-refractivity contribution is 9.10. The number of likely N-dealkylation sites (tertiary alicyclic amines) is 1. The van der Waals surface area contributed by atoms with Crippen LogP contribution in [0.3, 0.4) is 0 Å². The van der Waals surface area contributed by atoms with E-state index in [1.54, 1.807) is 6.92 Å². The molecule has 0 aromatic heterocycles. The number of hydrogen-bond donors (Lipinski definition) is 0. The molecule has 0 radical (unpaired) electrons. The van der Waals surface area contributed by atoms with Gasteiger partial charge in [0.25, 0.3) is 0 Å². The highest BCUT2D eigenvalue weighted by Gasteiger charge is 2.27. The molecular formula is C12H14BrNO. The first-order chi connectivity index (χ1) is 7.18. The first kappa shape index (κ1) is 10.7. The summed E-state index contributed by atoms with van der Waals surface area (Å²) >= 11 is 3.42. The minimum Gasteiger partial charge on any atom is -0.336 e. The van der Waals surface area contributed by atoms with E-state index in [2.05, 4.69) is 28.1 Å². The maximum absolute atomic E-state index is 11.4. The zero-order valence-corrected chi connectivity index (χ0v) is 10.3. The fourth-order valence-corrected chi connectivity index (χ4v) is 2.44. The molecule has 1 aromatic carbocycles. The molecule has 1 heterocycles. The van der Waals surface area contributed by atoms with Gasteiger partial charge in [0.1, 0.15) is 0 Å². The molecule has 15 heavy (non-hydrogen) atoms. The van der Waals surface area contributed by atoms with E-state index in [4.69, 9.17) is 0 Å². The Labute approximate surface area is 98.4 Å². The fraction of sp³-hybridized carbons (Fsp3) is 0.417. The maximum Gasteiger partial charge on any atom is 0.219 e. The standard InChI is InChI=1S/C12H14BrNO/c1-9(15)14-8-2-3-12(14)10-4-6-11(13)7-5-10/h4-7,12H,2-3,8H2,1H3. The molecular weight excluding hydrogens is 254 g/mol. The van der Waals surface area contributed by atoms with Crippen molar-refractivity contribution in [2.24, 2.45) is 0 Å². The van der Waals surface area contributed by atoms with Crippen molar-refractivity contribution in [3.8, 4) is 0 Å². The Bertz CT molecular complexity index is 360. The van der Waals surface area contributed by atoms with Gasteiger partial charge in [-0.2, -0.15) is 0 Å². The monoisotopic (exact) mass is 267 g/mol. The van der Waals surface area contributed by atoms with Crippen LogP contribution in [0.4, 0.5) is 0 Å². The first-order valence-electron chi connectivity index (χ1n) is 5.21. The lowest BCUT2D eigenvalue weighted by molar-refractivity contribution is -0.129. The number of halogens is 1. The number of benzene rings is 1. The van der Waals surface area contributed by atoms with Gasteiger partial charge in [-0.1, -0.05) is 28.1 Å². The average Bonchev–Trinajstić information content (AvgIpc) is 2.67. The van der Waals surface area contributed by atoms with Gasteiger partial charge in [0, 0.05) is 17.9 Å². The smallest absolute Gasteiger partial charge is 0.219 e. The molecule has 1 amide bonds. The number of nitrogens with zero attached hydrogens (tertiary/aromatic N) is 1. The lowest BCUT2D eigenvalue weighted by Crippen LogP contribution is -2.27. The third kappa shape index (κ3) is 2.23. The summed E-state index contributed by atoms with van der Waals surface area (Å²) in [5.74, 6) is 0.181. The quantitative estimate of drug-likeness (QED) is 0.766. The Morgan fingerprint density at radius 3 is 2.67 bits per heavy atom. The third-order valence-corrected chi connectivity index (χ3v) is 3.44. The molecule has 3 heteroatoms. The van der Waals surface area contributed by atoms with Gasteiger partial charge in [-0.15, -0.1) is 0 Å². The Morgan fingerprint density at radius 1 is 1.40 bits per heavy atom. The summed E-state index contributed by atoms with van der Waals surface area (Å²) in [6.07, 6.45) is 2.20. The SMILES string of the molecule is CC(=O)N1CCCC1c1ccc(Br)cc1. The van der Waals surface area contributed by atoms with Gasteiger partial charge < -0.3 is 4.90 Å². The van der Waals surface area contributed by atoms with Crippen molar-refractivity contribution < 1.29 is 4.79 Å². The molecule has 0 saturated carbocycles. The predicted octanol–water partition coefficient (Wildman–Crippen LogP) is 3.13. The van der Waals surface area contributed by atoms with Crippen molar-refractivity contribution in [2.75, 3.05) is 6.54 Å². The molecule has 2 rings (SSSR count). The molecule has 2 nitrogen and oxygen atoms in total. The van der Waals surface area contributed by atoms with Crippen LogP contribution in [-0.2, 0) is 4.79 Å². The zero-order valence-electron chi connectivity index (χ0n) is 8.74. The molecule has 1 aliphatic heterocycles. The highest BCUT2D eigenvalue weighted by Crippen LogP contribution is 2.32. The van der Waals surface area contributed by atoms with Crippen LogP contribution >= 0.6 is 15.9 Å². The van der Waals surface area contributed by atoms with E-state index in [1.807, 2.05) is 17.0 Å². The highest BCUT2D eigenvalue weighted by atomic mass is 79.9. The molecule has 1 aromatic rings. The van der Waals surface area contributed by atoms with Gasteiger partial charge in [-0.25, -0.2) is 0 Å². The van der Waals surface area contributed by atoms with Crippen LogP contribution < -0.4 is 0 Å².